The second-order valence-corrected chi connectivity index (χ2v) is 3.70. The molecule has 0 saturated heterocycles. The Morgan fingerprint density at radius 1 is 1.10 bits per heavy atom. The summed E-state index contributed by atoms with van der Waals surface area (Å²) in [5.41, 5.74) is 7.28. The van der Waals surface area contributed by atoms with Crippen LogP contribution >= 0.6 is 0 Å². The van der Waals surface area contributed by atoms with Crippen molar-refractivity contribution in [2.75, 3.05) is 12.8 Å². The number of hydrogen-bond donors (Lipinski definition) is 1. The minimum Gasteiger partial charge on any atom is -0.465 e. The van der Waals surface area contributed by atoms with Crippen molar-refractivity contribution < 1.29 is 13.9 Å². The zero-order valence-electron chi connectivity index (χ0n) is 11.0. The number of nitrogens with two attached hydrogens (primary N) is 1. The van der Waals surface area contributed by atoms with Crippen molar-refractivity contribution in [3.05, 3.63) is 65.7 Å². The lowest BCUT2D eigenvalue weighted by atomic mass is 10.2. The Labute approximate surface area is 117 Å². The number of halogens is 1. The van der Waals surface area contributed by atoms with Gasteiger partial charge in [0.15, 0.2) is 0 Å². The van der Waals surface area contributed by atoms with Crippen LogP contribution in [0.2, 0.25) is 0 Å². The Balaban J connectivity index is 0.000000204. The van der Waals surface area contributed by atoms with Crippen LogP contribution in [0, 0.1) is 12.1 Å². The third-order valence-electron chi connectivity index (χ3n) is 2.30. The molecule has 0 saturated carbocycles. The Kier molecular flexibility index (Phi) is 6.35. The van der Waals surface area contributed by atoms with E-state index < -0.39 is 0 Å². The minimum atomic E-state index is -0.343. The van der Waals surface area contributed by atoms with Crippen molar-refractivity contribution >= 4 is 11.7 Å². The molecule has 0 amide bonds. The van der Waals surface area contributed by atoms with E-state index in [4.69, 9.17) is 5.73 Å². The van der Waals surface area contributed by atoms with E-state index in [1.165, 1.54) is 13.3 Å². The van der Waals surface area contributed by atoms with Gasteiger partial charge in [0.1, 0.15) is 6.17 Å². The fourth-order valence-corrected chi connectivity index (χ4v) is 1.31. The molecule has 0 aromatic heterocycles. The number of ether oxygens (including phenoxy) is 1. The van der Waals surface area contributed by atoms with Crippen LogP contribution in [0.4, 0.5) is 10.1 Å². The summed E-state index contributed by atoms with van der Waals surface area (Å²) in [4.78, 5) is 10.9. The Hall–Kier alpha value is -2.80. The van der Waals surface area contributed by atoms with Crippen LogP contribution in [-0.4, -0.2) is 13.1 Å². The van der Waals surface area contributed by atoms with E-state index in [-0.39, 0.29) is 5.97 Å². The molecule has 20 heavy (non-hydrogen) atoms. The molecule has 0 aliphatic carbocycles. The highest BCUT2D eigenvalue weighted by molar-refractivity contribution is 5.89. The number of nitrogen functional groups attached to an aromatic ring is 1. The number of anilines is 1. The van der Waals surface area contributed by atoms with E-state index in [9.17, 15) is 9.18 Å². The number of methoxy groups -OCH3 is 1. The van der Waals surface area contributed by atoms with Gasteiger partial charge in [0.2, 0.25) is 0 Å². The number of hydrogen-bond acceptors (Lipinski definition) is 3. The zero-order chi connectivity index (χ0) is 14.8. The molecule has 0 spiro atoms. The molecule has 2 aromatic rings. The summed E-state index contributed by atoms with van der Waals surface area (Å²) in [7, 11) is 1.35. The van der Waals surface area contributed by atoms with Crippen LogP contribution in [0.1, 0.15) is 15.9 Å². The molecule has 0 aliphatic heterocycles. The quantitative estimate of drug-likeness (QED) is 0.493. The summed E-state index contributed by atoms with van der Waals surface area (Å²) in [6, 6.07) is 15.6. The number of benzene rings is 2. The van der Waals surface area contributed by atoms with Gasteiger partial charge in [-0.25, -0.2) is 4.79 Å². The van der Waals surface area contributed by atoms with E-state index >= 15 is 0 Å². The molecule has 0 radical (unpaired) electrons. The van der Waals surface area contributed by atoms with E-state index in [1.807, 2.05) is 18.2 Å². The van der Waals surface area contributed by atoms with Crippen molar-refractivity contribution in [2.24, 2.45) is 0 Å². The van der Waals surface area contributed by atoms with Gasteiger partial charge < -0.3 is 10.5 Å². The van der Waals surface area contributed by atoms with Crippen LogP contribution in [-0.2, 0) is 4.74 Å². The lowest BCUT2D eigenvalue weighted by Gasteiger charge is -1.97. The molecule has 2 aromatic carbocycles. The first-order valence-corrected chi connectivity index (χ1v) is 5.78. The monoisotopic (exact) mass is 271 g/mol. The van der Waals surface area contributed by atoms with Gasteiger partial charge >= 0.3 is 5.97 Å². The number of rotatable bonds is 1. The lowest BCUT2D eigenvalue weighted by molar-refractivity contribution is 0.0601. The first kappa shape index (κ1) is 15.3. The van der Waals surface area contributed by atoms with Crippen molar-refractivity contribution in [1.29, 1.82) is 0 Å². The fraction of sp³-hybridized carbons (Fsp3) is 0.0625. The molecule has 2 N–H and O–H groups in total. The van der Waals surface area contributed by atoms with Gasteiger partial charge in [-0.05, 0) is 42.3 Å². The molecule has 0 aliphatic rings. The maximum atomic E-state index is 11.3. The van der Waals surface area contributed by atoms with Crippen molar-refractivity contribution in [1.82, 2.24) is 0 Å². The predicted octanol–water partition coefficient (Wildman–Crippen LogP) is 3.02. The molecule has 0 fully saturated rings. The van der Waals surface area contributed by atoms with Gasteiger partial charge in [-0.15, -0.1) is 4.39 Å². The van der Waals surface area contributed by atoms with Crippen molar-refractivity contribution in [3.63, 3.8) is 0 Å². The van der Waals surface area contributed by atoms with Crippen LogP contribution in [0.15, 0.2) is 54.6 Å². The maximum absolute atomic E-state index is 11.3. The summed E-state index contributed by atoms with van der Waals surface area (Å²) in [5, 5.41) is 0. The van der Waals surface area contributed by atoms with Gasteiger partial charge in [-0.3, -0.25) is 0 Å². The summed E-state index contributed by atoms with van der Waals surface area (Å²) in [5.74, 6) is 1.95. The number of carbonyl (C=O) groups excluding carboxylic acids is 1. The van der Waals surface area contributed by atoms with Crippen molar-refractivity contribution in [2.45, 2.75) is 0 Å². The van der Waals surface area contributed by atoms with Crippen LogP contribution in [0.3, 0.4) is 0 Å². The van der Waals surface area contributed by atoms with Gasteiger partial charge in [0.25, 0.3) is 0 Å². The molecule has 3 nitrogen and oxygen atoms in total. The van der Waals surface area contributed by atoms with Gasteiger partial charge in [0, 0.05) is 11.3 Å². The highest BCUT2D eigenvalue weighted by Gasteiger charge is 2.02. The average Bonchev–Trinajstić information content (AvgIpc) is 2.49. The molecule has 0 heterocycles. The summed E-state index contributed by atoms with van der Waals surface area (Å²) >= 11 is 0. The minimum absolute atomic E-state index is 0.343. The molecule has 102 valence electrons. The number of esters is 1. The third-order valence-corrected chi connectivity index (χ3v) is 2.30. The molecule has 0 unspecified atom stereocenters. The molecule has 0 bridgehead atoms. The summed E-state index contributed by atoms with van der Waals surface area (Å²) in [6.07, 6.45) is 1.33. The average molecular weight is 271 g/mol. The second kappa shape index (κ2) is 8.33. The largest absolute Gasteiger partial charge is 0.465 e. The SMILES string of the molecule is COC(=O)c1ccc(N)cc1.FC#Cc1ccccc1. The first-order chi connectivity index (χ1) is 9.67. The van der Waals surface area contributed by atoms with Crippen LogP contribution < -0.4 is 5.73 Å². The molecule has 2 rings (SSSR count). The second-order valence-electron chi connectivity index (χ2n) is 3.70. The Morgan fingerprint density at radius 3 is 2.20 bits per heavy atom. The standard InChI is InChI=1S/C8H5F.C8H9NO2/c9-7-6-8-4-2-1-3-5-8;1-11-8(10)6-2-4-7(9)5-3-6/h1-5H;2-5H,9H2,1H3. The Morgan fingerprint density at radius 2 is 1.70 bits per heavy atom. The summed E-state index contributed by atoms with van der Waals surface area (Å²) in [6.45, 7) is 0. The predicted molar refractivity (Wildman–Crippen MR) is 76.6 cm³/mol. The summed E-state index contributed by atoms with van der Waals surface area (Å²) < 4.78 is 15.8. The van der Waals surface area contributed by atoms with E-state index in [2.05, 4.69) is 10.7 Å². The van der Waals surface area contributed by atoms with E-state index in [0.29, 0.717) is 16.8 Å². The highest BCUT2D eigenvalue weighted by Crippen LogP contribution is 2.05. The lowest BCUT2D eigenvalue weighted by Crippen LogP contribution is -2.00. The number of carbonyl (C=O) groups is 1. The zero-order valence-corrected chi connectivity index (χ0v) is 11.0. The maximum Gasteiger partial charge on any atom is 0.337 e. The molecule has 0 atom stereocenters. The highest BCUT2D eigenvalue weighted by atomic mass is 19.1. The normalized spacial score (nSPS) is 8.50. The van der Waals surface area contributed by atoms with Crippen LogP contribution in [0.25, 0.3) is 0 Å². The molecular weight excluding hydrogens is 257 g/mol. The molecular formula is C16H14FNO2. The van der Waals surface area contributed by atoms with Gasteiger partial charge in [-0.2, -0.15) is 0 Å². The van der Waals surface area contributed by atoms with E-state index in [1.54, 1.807) is 36.4 Å². The Bertz CT molecular complexity index is 598. The van der Waals surface area contributed by atoms with Gasteiger partial charge in [0.05, 0.1) is 12.7 Å². The third kappa shape index (κ3) is 5.23. The first-order valence-electron chi connectivity index (χ1n) is 5.78. The topological polar surface area (TPSA) is 52.3 Å². The van der Waals surface area contributed by atoms with Crippen LogP contribution in [0.5, 0.6) is 0 Å². The molecule has 4 heteroatoms. The van der Waals surface area contributed by atoms with Gasteiger partial charge in [-0.1, -0.05) is 18.2 Å². The smallest absolute Gasteiger partial charge is 0.337 e. The van der Waals surface area contributed by atoms with E-state index in [0.717, 1.165) is 0 Å². The fourth-order valence-electron chi connectivity index (χ4n) is 1.31. The van der Waals surface area contributed by atoms with Crippen molar-refractivity contribution in [3.8, 4) is 12.1 Å².